The van der Waals surface area contributed by atoms with E-state index in [1.165, 1.54) is 6.08 Å². The lowest BCUT2D eigenvalue weighted by Gasteiger charge is -2.09. The molecular weight excluding hydrogens is 471 g/mol. The standard InChI is InChI=1S/C23H21F5N6O/c1-12-6-13(2-3-17(12)21(30)35)19-11-32-22(34-19)18(31-5-4-23(26,27)28)10-20(29)33-16-8-14(24)7-15(25)9-16/h2-3,6-11,31H,4-5H2,1H3,(H2,29,33)(H2,30,35)(H,32,34)/p+1/b18-10+. The molecule has 0 aliphatic carbocycles. The van der Waals surface area contributed by atoms with Gasteiger partial charge >= 0.3 is 12.0 Å². The van der Waals surface area contributed by atoms with Crippen LogP contribution in [0.1, 0.15) is 28.2 Å². The molecule has 0 fully saturated rings. The molecule has 0 unspecified atom stereocenters. The van der Waals surface area contributed by atoms with Gasteiger partial charge in [0.2, 0.25) is 5.91 Å². The van der Waals surface area contributed by atoms with E-state index in [1.54, 1.807) is 31.3 Å². The molecule has 0 spiro atoms. The molecule has 1 amide bonds. The Morgan fingerprint density at radius 2 is 1.83 bits per heavy atom. The molecule has 2 aromatic carbocycles. The fraction of sp³-hybridized carbons (Fsp3) is 0.174. The second kappa shape index (κ2) is 10.4. The van der Waals surface area contributed by atoms with Crippen LogP contribution in [0.2, 0.25) is 0 Å². The average molecular weight is 493 g/mol. The number of hydrogen-bond donors (Lipinski definition) is 4. The Kier molecular flexibility index (Phi) is 7.52. The SMILES string of the molecule is Cc1cc(-c2c[nH+]c(/C(=C\C(N)=Nc3cc(F)cc(F)c3)NCCC(F)(F)F)[nH]2)ccc1C(N)=O. The van der Waals surface area contributed by atoms with Crippen LogP contribution in [0.4, 0.5) is 27.6 Å². The molecule has 0 radical (unpaired) electrons. The lowest BCUT2D eigenvalue weighted by Crippen LogP contribution is -2.25. The molecule has 184 valence electrons. The highest BCUT2D eigenvalue weighted by Crippen LogP contribution is 2.22. The quantitative estimate of drug-likeness (QED) is 0.217. The van der Waals surface area contributed by atoms with E-state index in [9.17, 15) is 26.7 Å². The van der Waals surface area contributed by atoms with Crippen LogP contribution in [0.5, 0.6) is 0 Å². The van der Waals surface area contributed by atoms with E-state index in [0.717, 1.165) is 12.1 Å². The number of amides is 1. The zero-order valence-electron chi connectivity index (χ0n) is 18.4. The molecule has 7 nitrogen and oxygen atoms in total. The minimum Gasteiger partial charge on any atom is -0.384 e. The Bertz CT molecular complexity index is 1280. The molecule has 0 aliphatic rings. The number of imidazole rings is 1. The molecular formula is C23H22F5N6O+. The first-order valence-electron chi connectivity index (χ1n) is 10.3. The van der Waals surface area contributed by atoms with Gasteiger partial charge in [-0.25, -0.2) is 23.7 Å². The Hall–Kier alpha value is -4.22. The molecule has 0 atom stereocenters. The van der Waals surface area contributed by atoms with E-state index in [2.05, 4.69) is 20.3 Å². The number of amidine groups is 1. The highest BCUT2D eigenvalue weighted by Gasteiger charge is 2.27. The molecule has 1 aromatic heterocycles. The number of aryl methyl sites for hydroxylation is 1. The summed E-state index contributed by atoms with van der Waals surface area (Å²) >= 11 is 0. The van der Waals surface area contributed by atoms with Gasteiger partial charge < -0.3 is 16.8 Å². The van der Waals surface area contributed by atoms with Crippen molar-refractivity contribution in [3.63, 3.8) is 0 Å². The molecule has 0 aliphatic heterocycles. The second-order valence-electron chi connectivity index (χ2n) is 7.61. The number of halogens is 5. The van der Waals surface area contributed by atoms with Gasteiger partial charge in [-0.3, -0.25) is 4.79 Å². The molecule has 0 saturated carbocycles. The lowest BCUT2D eigenvalue weighted by molar-refractivity contribution is -0.379. The van der Waals surface area contributed by atoms with Gasteiger partial charge in [0.25, 0.3) is 0 Å². The number of carbonyl (C=O) groups excluding carboxylic acids is 1. The van der Waals surface area contributed by atoms with Crippen LogP contribution in [0, 0.1) is 18.6 Å². The van der Waals surface area contributed by atoms with Crippen LogP contribution in [0.3, 0.4) is 0 Å². The summed E-state index contributed by atoms with van der Waals surface area (Å²) in [6.07, 6.45) is -2.70. The van der Waals surface area contributed by atoms with Crippen molar-refractivity contribution in [2.24, 2.45) is 16.5 Å². The van der Waals surface area contributed by atoms with Crippen molar-refractivity contribution in [1.82, 2.24) is 10.3 Å². The number of aromatic amines is 2. The van der Waals surface area contributed by atoms with Crippen LogP contribution in [-0.2, 0) is 0 Å². The first-order chi connectivity index (χ1) is 16.4. The molecule has 3 rings (SSSR count). The minimum absolute atomic E-state index is 0.105. The van der Waals surface area contributed by atoms with Crippen molar-refractivity contribution in [3.8, 4) is 11.3 Å². The highest BCUT2D eigenvalue weighted by molar-refractivity contribution is 5.98. The van der Waals surface area contributed by atoms with E-state index < -0.39 is 36.7 Å². The predicted octanol–water partition coefficient (Wildman–Crippen LogP) is 3.75. The zero-order chi connectivity index (χ0) is 25.8. The molecule has 3 aromatic rings. The minimum atomic E-state index is -4.39. The van der Waals surface area contributed by atoms with Gasteiger partial charge in [0, 0.05) is 29.8 Å². The predicted molar refractivity (Wildman–Crippen MR) is 120 cm³/mol. The molecule has 0 bridgehead atoms. The van der Waals surface area contributed by atoms with E-state index in [1.807, 2.05) is 0 Å². The molecule has 12 heteroatoms. The van der Waals surface area contributed by atoms with Crippen LogP contribution < -0.4 is 21.8 Å². The van der Waals surface area contributed by atoms with Gasteiger partial charge in [0.1, 0.15) is 29.4 Å². The number of hydrogen-bond acceptors (Lipinski definition) is 3. The topological polar surface area (TPSA) is 123 Å². The lowest BCUT2D eigenvalue weighted by atomic mass is 10.0. The number of nitrogens with zero attached hydrogens (tertiary/aromatic N) is 1. The van der Waals surface area contributed by atoms with Gasteiger partial charge in [0.15, 0.2) is 5.69 Å². The molecule has 1 heterocycles. The Balaban J connectivity index is 1.94. The molecule has 0 saturated heterocycles. The average Bonchev–Trinajstić information content (AvgIpc) is 3.21. The van der Waals surface area contributed by atoms with Crippen molar-refractivity contribution < 1.29 is 31.7 Å². The maximum Gasteiger partial charge on any atom is 0.390 e. The van der Waals surface area contributed by atoms with Crippen LogP contribution in [-0.4, -0.2) is 29.4 Å². The first-order valence-corrected chi connectivity index (χ1v) is 10.3. The molecule has 7 N–H and O–H groups in total. The van der Waals surface area contributed by atoms with Gasteiger partial charge in [-0.15, -0.1) is 0 Å². The fourth-order valence-corrected chi connectivity index (χ4v) is 3.24. The van der Waals surface area contributed by atoms with Crippen molar-refractivity contribution >= 4 is 23.1 Å². The number of benzene rings is 2. The third-order valence-corrected chi connectivity index (χ3v) is 4.81. The van der Waals surface area contributed by atoms with Crippen molar-refractivity contribution in [2.75, 3.05) is 6.54 Å². The maximum atomic E-state index is 13.4. The summed E-state index contributed by atoms with van der Waals surface area (Å²) in [5, 5.41) is 2.64. The van der Waals surface area contributed by atoms with Crippen molar-refractivity contribution in [2.45, 2.75) is 19.5 Å². The number of aliphatic imine (C=N–C) groups is 1. The monoisotopic (exact) mass is 493 g/mol. The number of carbonyl (C=O) groups is 1. The third-order valence-electron chi connectivity index (χ3n) is 4.81. The summed E-state index contributed by atoms with van der Waals surface area (Å²) in [4.78, 5) is 21.3. The number of nitrogens with two attached hydrogens (primary N) is 2. The summed E-state index contributed by atoms with van der Waals surface area (Å²) in [6, 6.07) is 7.52. The third kappa shape index (κ3) is 7.13. The summed E-state index contributed by atoms with van der Waals surface area (Å²) < 4.78 is 64.8. The van der Waals surface area contributed by atoms with Gasteiger partial charge in [-0.05, 0) is 42.8 Å². The van der Waals surface area contributed by atoms with Crippen LogP contribution in [0.25, 0.3) is 17.0 Å². The van der Waals surface area contributed by atoms with Gasteiger partial charge in [0.05, 0.1) is 12.1 Å². The fourth-order valence-electron chi connectivity index (χ4n) is 3.24. The van der Waals surface area contributed by atoms with E-state index >= 15 is 0 Å². The summed E-state index contributed by atoms with van der Waals surface area (Å²) in [6.45, 7) is 1.25. The molecule has 35 heavy (non-hydrogen) atoms. The van der Waals surface area contributed by atoms with Crippen LogP contribution in [0.15, 0.2) is 53.7 Å². The van der Waals surface area contributed by atoms with Gasteiger partial charge in [-0.2, -0.15) is 13.2 Å². The Morgan fingerprint density at radius 3 is 2.43 bits per heavy atom. The zero-order valence-corrected chi connectivity index (χ0v) is 18.4. The number of H-pyrrole nitrogens is 2. The maximum absolute atomic E-state index is 13.4. The summed E-state index contributed by atoms with van der Waals surface area (Å²) in [5.41, 5.74) is 13.5. The highest BCUT2D eigenvalue weighted by atomic mass is 19.4. The van der Waals surface area contributed by atoms with E-state index in [4.69, 9.17) is 11.5 Å². The Labute approximate surface area is 196 Å². The second-order valence-corrected chi connectivity index (χ2v) is 7.61. The summed E-state index contributed by atoms with van der Waals surface area (Å²) in [5.74, 6) is -2.23. The summed E-state index contributed by atoms with van der Waals surface area (Å²) in [7, 11) is 0. The number of primary amides is 1. The number of nitrogens with one attached hydrogen (secondary N) is 3. The van der Waals surface area contributed by atoms with E-state index in [-0.39, 0.29) is 23.0 Å². The first kappa shape index (κ1) is 25.4. The van der Waals surface area contributed by atoms with Crippen molar-refractivity contribution in [1.29, 1.82) is 0 Å². The van der Waals surface area contributed by atoms with E-state index in [0.29, 0.717) is 28.5 Å². The van der Waals surface area contributed by atoms with Crippen LogP contribution >= 0.6 is 0 Å². The Morgan fingerprint density at radius 1 is 1.14 bits per heavy atom. The smallest absolute Gasteiger partial charge is 0.384 e. The normalized spacial score (nSPS) is 12.6. The number of alkyl halides is 3. The van der Waals surface area contributed by atoms with Crippen molar-refractivity contribution in [3.05, 3.63) is 77.3 Å². The number of aromatic nitrogens is 2. The number of rotatable bonds is 8. The largest absolute Gasteiger partial charge is 0.390 e. The van der Waals surface area contributed by atoms with Gasteiger partial charge in [-0.1, -0.05) is 0 Å².